The van der Waals surface area contributed by atoms with Gasteiger partial charge in [0.05, 0.1) is 5.60 Å². The topological polar surface area (TPSA) is 23.5 Å². The smallest absolute Gasteiger partial charge is 0.194 e. The van der Waals surface area contributed by atoms with Gasteiger partial charge in [0.2, 0.25) is 0 Å². The van der Waals surface area contributed by atoms with Gasteiger partial charge in [-0.1, -0.05) is 30.3 Å². The van der Waals surface area contributed by atoms with E-state index in [9.17, 15) is 18.3 Å². The molecule has 2 fully saturated rings. The number of fused-ring (bicyclic) bond motifs is 2. The molecule has 0 radical (unpaired) electrons. The number of rotatable bonds is 4. The highest BCUT2D eigenvalue weighted by Crippen LogP contribution is 2.43. The van der Waals surface area contributed by atoms with Crippen molar-refractivity contribution in [2.45, 2.75) is 56.3 Å². The van der Waals surface area contributed by atoms with Gasteiger partial charge in [-0.3, -0.25) is 4.90 Å². The van der Waals surface area contributed by atoms with Crippen molar-refractivity contribution in [1.29, 1.82) is 0 Å². The SMILES string of the molecule is OC1(Cc2cc(F)c(F)c(F)c2)CC2CCC(C1)N2Cc1ccccc1. The summed E-state index contributed by atoms with van der Waals surface area (Å²) in [4.78, 5) is 2.44. The summed E-state index contributed by atoms with van der Waals surface area (Å²) in [5, 5.41) is 11.1. The first-order valence-electron chi connectivity index (χ1n) is 9.09. The summed E-state index contributed by atoms with van der Waals surface area (Å²) in [5.41, 5.74) is 0.549. The van der Waals surface area contributed by atoms with Gasteiger partial charge in [-0.2, -0.15) is 0 Å². The van der Waals surface area contributed by atoms with Crippen molar-refractivity contribution in [3.05, 3.63) is 71.0 Å². The Hall–Kier alpha value is -1.85. The summed E-state index contributed by atoms with van der Waals surface area (Å²) in [6.45, 7) is 0.853. The number of halogens is 3. The molecule has 2 heterocycles. The molecule has 2 atom stereocenters. The lowest BCUT2D eigenvalue weighted by Gasteiger charge is -2.44. The molecule has 0 spiro atoms. The minimum absolute atomic E-state index is 0.146. The van der Waals surface area contributed by atoms with E-state index in [0.717, 1.165) is 31.5 Å². The Morgan fingerprint density at radius 3 is 2.08 bits per heavy atom. The number of benzene rings is 2. The van der Waals surface area contributed by atoms with Crippen molar-refractivity contribution in [3.8, 4) is 0 Å². The predicted molar refractivity (Wildman–Crippen MR) is 93.0 cm³/mol. The molecule has 26 heavy (non-hydrogen) atoms. The van der Waals surface area contributed by atoms with Gasteiger partial charge in [0.15, 0.2) is 17.5 Å². The average molecular weight is 361 g/mol. The summed E-state index contributed by atoms with van der Waals surface area (Å²) in [5.74, 6) is -3.86. The van der Waals surface area contributed by atoms with E-state index < -0.39 is 23.1 Å². The van der Waals surface area contributed by atoms with E-state index in [1.54, 1.807) is 0 Å². The Labute approximate surface area is 151 Å². The summed E-state index contributed by atoms with van der Waals surface area (Å²) >= 11 is 0. The molecule has 2 nitrogen and oxygen atoms in total. The second-order valence-corrected chi connectivity index (χ2v) is 7.73. The van der Waals surface area contributed by atoms with Crippen LogP contribution >= 0.6 is 0 Å². The number of hydrogen-bond donors (Lipinski definition) is 1. The monoisotopic (exact) mass is 361 g/mol. The Bertz CT molecular complexity index is 758. The predicted octanol–water partition coefficient (Wildman–Crippen LogP) is 4.20. The van der Waals surface area contributed by atoms with E-state index in [1.165, 1.54) is 5.56 Å². The second kappa shape index (κ2) is 6.71. The van der Waals surface area contributed by atoms with E-state index >= 15 is 0 Å². The largest absolute Gasteiger partial charge is 0.389 e. The highest BCUT2D eigenvalue weighted by molar-refractivity contribution is 5.23. The van der Waals surface area contributed by atoms with Crippen LogP contribution in [-0.2, 0) is 13.0 Å². The van der Waals surface area contributed by atoms with Gasteiger partial charge in [-0.05, 0) is 48.9 Å². The third-order valence-electron chi connectivity index (χ3n) is 5.79. The van der Waals surface area contributed by atoms with E-state index in [-0.39, 0.29) is 18.5 Å². The van der Waals surface area contributed by atoms with Gasteiger partial charge < -0.3 is 5.11 Å². The first-order valence-corrected chi connectivity index (χ1v) is 9.09. The van der Waals surface area contributed by atoms with Gasteiger partial charge in [0, 0.05) is 25.0 Å². The summed E-state index contributed by atoms with van der Waals surface area (Å²) in [7, 11) is 0. The minimum atomic E-state index is -1.46. The molecule has 0 aromatic heterocycles. The fourth-order valence-electron chi connectivity index (χ4n) is 4.70. The Morgan fingerprint density at radius 1 is 0.923 bits per heavy atom. The van der Waals surface area contributed by atoms with Gasteiger partial charge in [0.1, 0.15) is 0 Å². The Morgan fingerprint density at radius 2 is 1.50 bits per heavy atom. The quantitative estimate of drug-likeness (QED) is 0.825. The third kappa shape index (κ3) is 3.38. The average Bonchev–Trinajstić information content (AvgIpc) is 2.85. The highest BCUT2D eigenvalue weighted by Gasteiger charge is 2.47. The van der Waals surface area contributed by atoms with Crippen LogP contribution in [0.25, 0.3) is 0 Å². The van der Waals surface area contributed by atoms with Crippen molar-refractivity contribution in [3.63, 3.8) is 0 Å². The zero-order valence-electron chi connectivity index (χ0n) is 14.5. The maximum absolute atomic E-state index is 13.5. The molecule has 0 aliphatic carbocycles. The van der Waals surface area contributed by atoms with Crippen LogP contribution in [0.2, 0.25) is 0 Å². The van der Waals surface area contributed by atoms with Crippen LogP contribution in [0, 0.1) is 17.5 Å². The number of aliphatic hydroxyl groups is 1. The van der Waals surface area contributed by atoms with Crippen LogP contribution in [0.1, 0.15) is 36.8 Å². The number of nitrogens with zero attached hydrogens (tertiary/aromatic N) is 1. The maximum atomic E-state index is 13.5. The van der Waals surface area contributed by atoms with Gasteiger partial charge in [-0.15, -0.1) is 0 Å². The molecule has 2 aliphatic rings. The van der Waals surface area contributed by atoms with Crippen LogP contribution in [0.3, 0.4) is 0 Å². The molecular formula is C21H22F3NO. The van der Waals surface area contributed by atoms with Gasteiger partial charge in [0.25, 0.3) is 0 Å². The molecule has 2 aliphatic heterocycles. The second-order valence-electron chi connectivity index (χ2n) is 7.73. The van der Waals surface area contributed by atoms with Crippen LogP contribution in [0.5, 0.6) is 0 Å². The molecule has 2 bridgehead atoms. The molecule has 0 amide bonds. The van der Waals surface area contributed by atoms with Crippen molar-refractivity contribution in [2.24, 2.45) is 0 Å². The first-order chi connectivity index (χ1) is 12.4. The van der Waals surface area contributed by atoms with E-state index in [0.29, 0.717) is 18.4 Å². The van der Waals surface area contributed by atoms with Crippen LogP contribution in [-0.4, -0.2) is 27.7 Å². The third-order valence-corrected chi connectivity index (χ3v) is 5.79. The van der Waals surface area contributed by atoms with E-state index in [4.69, 9.17) is 0 Å². The number of hydrogen-bond acceptors (Lipinski definition) is 2. The maximum Gasteiger partial charge on any atom is 0.194 e. The normalized spacial score (nSPS) is 28.5. The zero-order chi connectivity index (χ0) is 18.3. The zero-order valence-corrected chi connectivity index (χ0v) is 14.5. The molecule has 1 N–H and O–H groups in total. The molecule has 2 aromatic rings. The molecule has 2 aromatic carbocycles. The van der Waals surface area contributed by atoms with Crippen LogP contribution in [0.15, 0.2) is 42.5 Å². The summed E-state index contributed by atoms with van der Waals surface area (Å²) in [6.07, 6.45) is 3.32. The highest BCUT2D eigenvalue weighted by atomic mass is 19.2. The molecule has 5 heteroatoms. The molecule has 2 saturated heterocycles. The lowest BCUT2D eigenvalue weighted by molar-refractivity contribution is -0.0540. The standard InChI is InChI=1S/C21H22F3NO/c22-18-8-15(9-19(23)20(18)24)10-21(26)11-16-6-7-17(12-21)25(16)13-14-4-2-1-3-5-14/h1-5,8-9,16-17,26H,6-7,10-13H2. The lowest BCUT2D eigenvalue weighted by atomic mass is 9.81. The Balaban J connectivity index is 1.49. The molecule has 0 saturated carbocycles. The molecule has 4 rings (SSSR count). The fourth-order valence-corrected chi connectivity index (χ4v) is 4.70. The van der Waals surface area contributed by atoms with Crippen LogP contribution in [0.4, 0.5) is 13.2 Å². The molecule has 138 valence electrons. The van der Waals surface area contributed by atoms with Crippen LogP contribution < -0.4 is 0 Å². The summed E-state index contributed by atoms with van der Waals surface area (Å²) < 4.78 is 40.1. The number of piperidine rings is 1. The first kappa shape index (κ1) is 17.6. The lowest BCUT2D eigenvalue weighted by Crippen LogP contribution is -2.51. The fraction of sp³-hybridized carbons (Fsp3) is 0.429. The van der Waals surface area contributed by atoms with Crippen molar-refractivity contribution in [1.82, 2.24) is 4.90 Å². The summed E-state index contributed by atoms with van der Waals surface area (Å²) in [6, 6.07) is 12.7. The van der Waals surface area contributed by atoms with Gasteiger partial charge >= 0.3 is 0 Å². The molecular weight excluding hydrogens is 339 g/mol. The van der Waals surface area contributed by atoms with Gasteiger partial charge in [-0.25, -0.2) is 13.2 Å². The van der Waals surface area contributed by atoms with Crippen molar-refractivity contribution >= 4 is 0 Å². The van der Waals surface area contributed by atoms with E-state index in [2.05, 4.69) is 17.0 Å². The van der Waals surface area contributed by atoms with Crippen molar-refractivity contribution < 1.29 is 18.3 Å². The van der Waals surface area contributed by atoms with Crippen molar-refractivity contribution in [2.75, 3.05) is 0 Å². The van der Waals surface area contributed by atoms with E-state index in [1.807, 2.05) is 18.2 Å². The Kier molecular flexibility index (Phi) is 4.53. The minimum Gasteiger partial charge on any atom is -0.389 e. The molecule has 2 unspecified atom stereocenters.